The minimum Gasteiger partial charge on any atom is -0.436 e. The van der Waals surface area contributed by atoms with Gasteiger partial charge < -0.3 is 15.0 Å². The quantitative estimate of drug-likeness (QED) is 0.613. The van der Waals surface area contributed by atoms with Gasteiger partial charge >= 0.3 is 0 Å². The van der Waals surface area contributed by atoms with Crippen molar-refractivity contribution in [3.63, 3.8) is 0 Å². The van der Waals surface area contributed by atoms with Crippen molar-refractivity contribution in [2.45, 2.75) is 33.1 Å². The zero-order valence-corrected chi connectivity index (χ0v) is 18.0. The number of rotatable bonds is 6. The summed E-state index contributed by atoms with van der Waals surface area (Å²) in [4.78, 5) is 24.1. The van der Waals surface area contributed by atoms with Crippen molar-refractivity contribution in [2.75, 3.05) is 23.3 Å². The largest absolute Gasteiger partial charge is 0.436 e. The zero-order chi connectivity index (χ0) is 21.6. The van der Waals surface area contributed by atoms with Gasteiger partial charge in [0.2, 0.25) is 5.91 Å². The molecule has 1 amide bonds. The van der Waals surface area contributed by atoms with Gasteiger partial charge in [-0.05, 0) is 49.9 Å². The van der Waals surface area contributed by atoms with Crippen LogP contribution < -0.4 is 15.0 Å². The summed E-state index contributed by atoms with van der Waals surface area (Å²) in [7, 11) is 0. The number of nitrogens with zero attached hydrogens (tertiary/aromatic N) is 3. The van der Waals surface area contributed by atoms with Crippen molar-refractivity contribution in [1.82, 2.24) is 9.97 Å². The number of aromatic nitrogens is 2. The Labute approximate surface area is 183 Å². The first-order chi connectivity index (χ1) is 15.1. The minimum atomic E-state index is -0.118. The molecule has 3 aromatic rings. The molecule has 6 heteroatoms. The standard InChI is InChI=1S/C25H28N4O2/c1-3-19-7-4-5-9-22(19)28-24(30)20-8-6-16-29(17-20)23-25(27-15-14-26-23)31-21-12-10-18(2)11-13-21/h4-5,7,9-15,20H,3,6,8,16-17H2,1-2H3,(H,28,30). The Bertz CT molecular complexity index is 1040. The van der Waals surface area contributed by atoms with E-state index < -0.39 is 0 Å². The predicted molar refractivity (Wildman–Crippen MR) is 123 cm³/mol. The van der Waals surface area contributed by atoms with Gasteiger partial charge in [0.05, 0.1) is 5.92 Å². The Balaban J connectivity index is 1.48. The van der Waals surface area contributed by atoms with E-state index in [0.29, 0.717) is 18.2 Å². The molecule has 1 aliphatic rings. The number of carbonyl (C=O) groups excluding carboxylic acids is 1. The number of carbonyl (C=O) groups is 1. The fourth-order valence-electron chi connectivity index (χ4n) is 3.89. The van der Waals surface area contributed by atoms with Gasteiger partial charge in [-0.1, -0.05) is 42.8 Å². The van der Waals surface area contributed by atoms with E-state index in [9.17, 15) is 4.79 Å². The highest BCUT2D eigenvalue weighted by molar-refractivity contribution is 5.93. The number of hydrogen-bond donors (Lipinski definition) is 1. The molecule has 1 atom stereocenters. The van der Waals surface area contributed by atoms with Crippen LogP contribution in [0.4, 0.5) is 11.5 Å². The van der Waals surface area contributed by atoms with E-state index in [4.69, 9.17) is 4.74 Å². The van der Waals surface area contributed by atoms with E-state index in [-0.39, 0.29) is 11.8 Å². The van der Waals surface area contributed by atoms with Crippen LogP contribution in [0, 0.1) is 12.8 Å². The van der Waals surface area contributed by atoms with Crippen LogP contribution in [0.1, 0.15) is 30.9 Å². The molecular weight excluding hydrogens is 388 g/mol. The smallest absolute Gasteiger partial charge is 0.263 e. The number of ether oxygens (including phenoxy) is 1. The van der Waals surface area contributed by atoms with Gasteiger partial charge in [0.25, 0.3) is 5.88 Å². The van der Waals surface area contributed by atoms with Crippen molar-refractivity contribution in [3.05, 3.63) is 72.1 Å². The molecule has 0 saturated carbocycles. The first-order valence-electron chi connectivity index (χ1n) is 10.8. The molecule has 0 aliphatic carbocycles. The number of piperidine rings is 1. The van der Waals surface area contributed by atoms with E-state index in [2.05, 4.69) is 33.2 Å². The molecule has 1 N–H and O–H groups in total. The lowest BCUT2D eigenvalue weighted by Crippen LogP contribution is -2.41. The molecule has 4 rings (SSSR count). The van der Waals surface area contributed by atoms with Crippen LogP contribution in [-0.2, 0) is 11.2 Å². The van der Waals surface area contributed by atoms with Gasteiger partial charge in [-0.25, -0.2) is 9.97 Å². The Morgan fingerprint density at radius 3 is 2.71 bits per heavy atom. The Kier molecular flexibility index (Phi) is 6.46. The topological polar surface area (TPSA) is 67.4 Å². The maximum absolute atomic E-state index is 13.0. The number of anilines is 2. The summed E-state index contributed by atoms with van der Waals surface area (Å²) in [6.45, 7) is 5.54. The maximum Gasteiger partial charge on any atom is 0.263 e. The zero-order valence-electron chi connectivity index (χ0n) is 18.0. The fourth-order valence-corrected chi connectivity index (χ4v) is 3.89. The molecule has 6 nitrogen and oxygen atoms in total. The van der Waals surface area contributed by atoms with E-state index in [1.807, 2.05) is 49.4 Å². The lowest BCUT2D eigenvalue weighted by molar-refractivity contribution is -0.120. The molecule has 0 bridgehead atoms. The van der Waals surface area contributed by atoms with Gasteiger partial charge in [0, 0.05) is 31.2 Å². The van der Waals surface area contributed by atoms with Crippen LogP contribution >= 0.6 is 0 Å². The third kappa shape index (κ3) is 5.02. The number of amides is 1. The van der Waals surface area contributed by atoms with Gasteiger partial charge in [-0.2, -0.15) is 0 Å². The van der Waals surface area contributed by atoms with Gasteiger partial charge in [-0.15, -0.1) is 0 Å². The van der Waals surface area contributed by atoms with E-state index in [1.54, 1.807) is 12.4 Å². The first-order valence-corrected chi connectivity index (χ1v) is 10.8. The Morgan fingerprint density at radius 1 is 1.13 bits per heavy atom. The highest BCUT2D eigenvalue weighted by Crippen LogP contribution is 2.31. The summed E-state index contributed by atoms with van der Waals surface area (Å²) < 4.78 is 6.02. The Hall–Kier alpha value is -3.41. The number of nitrogens with one attached hydrogen (secondary N) is 1. The molecule has 1 saturated heterocycles. The minimum absolute atomic E-state index is 0.0514. The summed E-state index contributed by atoms with van der Waals surface area (Å²) in [6.07, 6.45) is 5.94. The summed E-state index contributed by atoms with van der Waals surface area (Å²) in [6, 6.07) is 15.8. The molecule has 160 valence electrons. The van der Waals surface area contributed by atoms with Crippen LogP contribution in [0.25, 0.3) is 0 Å². The normalized spacial score (nSPS) is 16.1. The van der Waals surface area contributed by atoms with Gasteiger partial charge in [0.1, 0.15) is 5.75 Å². The second kappa shape index (κ2) is 9.60. The van der Waals surface area contributed by atoms with Crippen molar-refractivity contribution < 1.29 is 9.53 Å². The summed E-state index contributed by atoms with van der Waals surface area (Å²) in [5.74, 6) is 1.79. The van der Waals surface area contributed by atoms with Crippen LogP contribution in [-0.4, -0.2) is 29.0 Å². The van der Waals surface area contributed by atoms with Crippen molar-refractivity contribution >= 4 is 17.4 Å². The molecule has 1 aromatic heterocycles. The summed E-state index contributed by atoms with van der Waals surface area (Å²) in [5.41, 5.74) is 3.21. The highest BCUT2D eigenvalue weighted by atomic mass is 16.5. The van der Waals surface area contributed by atoms with Crippen molar-refractivity contribution in [1.29, 1.82) is 0 Å². The van der Waals surface area contributed by atoms with E-state index in [1.165, 1.54) is 5.56 Å². The molecule has 1 unspecified atom stereocenters. The fraction of sp³-hybridized carbons (Fsp3) is 0.320. The highest BCUT2D eigenvalue weighted by Gasteiger charge is 2.29. The summed E-state index contributed by atoms with van der Waals surface area (Å²) in [5, 5.41) is 3.13. The average molecular weight is 417 g/mol. The van der Waals surface area contributed by atoms with E-state index >= 15 is 0 Å². The lowest BCUT2D eigenvalue weighted by Gasteiger charge is -2.33. The van der Waals surface area contributed by atoms with Crippen LogP contribution in [0.3, 0.4) is 0 Å². The predicted octanol–water partition coefficient (Wildman–Crippen LogP) is 4.99. The lowest BCUT2D eigenvalue weighted by atomic mass is 9.96. The second-order valence-corrected chi connectivity index (χ2v) is 7.89. The van der Waals surface area contributed by atoms with Gasteiger partial charge in [-0.3, -0.25) is 4.79 Å². The third-order valence-electron chi connectivity index (χ3n) is 5.63. The van der Waals surface area contributed by atoms with Crippen molar-refractivity contribution in [3.8, 4) is 11.6 Å². The van der Waals surface area contributed by atoms with Crippen LogP contribution in [0.15, 0.2) is 60.9 Å². The molecule has 2 aromatic carbocycles. The average Bonchev–Trinajstić information content (AvgIpc) is 2.81. The molecule has 1 aliphatic heterocycles. The summed E-state index contributed by atoms with van der Waals surface area (Å²) >= 11 is 0. The van der Waals surface area contributed by atoms with E-state index in [0.717, 1.165) is 42.8 Å². The molecule has 2 heterocycles. The molecule has 31 heavy (non-hydrogen) atoms. The number of aryl methyl sites for hydroxylation is 2. The molecule has 1 fully saturated rings. The van der Waals surface area contributed by atoms with Crippen LogP contribution in [0.2, 0.25) is 0 Å². The Morgan fingerprint density at radius 2 is 1.90 bits per heavy atom. The first kappa shape index (κ1) is 20.8. The van der Waals surface area contributed by atoms with Gasteiger partial charge in [0.15, 0.2) is 5.82 Å². The third-order valence-corrected chi connectivity index (χ3v) is 5.63. The number of benzene rings is 2. The molecule has 0 spiro atoms. The molecule has 0 radical (unpaired) electrons. The second-order valence-electron chi connectivity index (χ2n) is 7.89. The SMILES string of the molecule is CCc1ccccc1NC(=O)C1CCCN(c2nccnc2Oc2ccc(C)cc2)C1. The maximum atomic E-state index is 13.0. The monoisotopic (exact) mass is 416 g/mol. The van der Waals surface area contributed by atoms with Crippen molar-refractivity contribution in [2.24, 2.45) is 5.92 Å². The number of para-hydroxylation sites is 1. The molecular formula is C25H28N4O2. The number of hydrogen-bond acceptors (Lipinski definition) is 5. The van der Waals surface area contributed by atoms with Crippen LogP contribution in [0.5, 0.6) is 11.6 Å².